The molecule has 1 aliphatic rings. The molecule has 2 N–H and O–H groups in total. The average molecular weight is 476 g/mol. The topological polar surface area (TPSA) is 58.1 Å². The Bertz CT molecular complexity index is 522. The maximum absolute atomic E-state index is 5.38. The summed E-state index contributed by atoms with van der Waals surface area (Å²) in [6, 6.07) is 8.24. The lowest BCUT2D eigenvalue weighted by atomic mass is 10.1. The van der Waals surface area contributed by atoms with Crippen molar-refractivity contribution >= 4 is 29.9 Å². The molecule has 1 heterocycles. The Labute approximate surface area is 174 Å². The van der Waals surface area contributed by atoms with Crippen LogP contribution in [0.15, 0.2) is 29.3 Å². The Hall–Kier alpha value is -1.06. The summed E-state index contributed by atoms with van der Waals surface area (Å²) in [6.45, 7) is 9.45. The molecule has 0 atom stereocenters. The van der Waals surface area contributed by atoms with Gasteiger partial charge in [-0.05, 0) is 37.5 Å². The van der Waals surface area contributed by atoms with Crippen LogP contribution in [0.3, 0.4) is 0 Å². The predicted molar refractivity (Wildman–Crippen MR) is 118 cm³/mol. The number of nitrogens with one attached hydrogen (secondary N) is 2. The molecular formula is C19H33IN4O2. The van der Waals surface area contributed by atoms with E-state index in [1.165, 1.54) is 5.56 Å². The van der Waals surface area contributed by atoms with E-state index in [1.807, 2.05) is 12.1 Å². The Balaban J connectivity index is 0.00000338. The van der Waals surface area contributed by atoms with E-state index in [1.54, 1.807) is 7.11 Å². The molecule has 26 heavy (non-hydrogen) atoms. The second kappa shape index (κ2) is 14.1. The van der Waals surface area contributed by atoms with Crippen molar-refractivity contribution in [2.24, 2.45) is 4.99 Å². The Kier molecular flexibility index (Phi) is 12.4. The normalized spacial score (nSPS) is 15.2. The van der Waals surface area contributed by atoms with Crippen molar-refractivity contribution in [3.63, 3.8) is 0 Å². The first-order valence-corrected chi connectivity index (χ1v) is 9.27. The van der Waals surface area contributed by atoms with Crippen LogP contribution in [0.4, 0.5) is 0 Å². The van der Waals surface area contributed by atoms with Gasteiger partial charge in [0.1, 0.15) is 5.75 Å². The number of guanidine groups is 1. The Morgan fingerprint density at radius 3 is 2.81 bits per heavy atom. The summed E-state index contributed by atoms with van der Waals surface area (Å²) in [5, 5.41) is 6.73. The molecule has 0 aliphatic carbocycles. The van der Waals surface area contributed by atoms with Crippen molar-refractivity contribution < 1.29 is 9.47 Å². The maximum Gasteiger partial charge on any atom is 0.191 e. The summed E-state index contributed by atoms with van der Waals surface area (Å²) in [5.74, 6) is 1.82. The van der Waals surface area contributed by atoms with Gasteiger partial charge in [-0.2, -0.15) is 0 Å². The molecule has 0 amide bonds. The largest absolute Gasteiger partial charge is 0.497 e. The van der Waals surface area contributed by atoms with E-state index in [0.29, 0.717) is 0 Å². The first-order valence-electron chi connectivity index (χ1n) is 9.27. The summed E-state index contributed by atoms with van der Waals surface area (Å²) in [7, 11) is 1.70. The van der Waals surface area contributed by atoms with E-state index in [-0.39, 0.29) is 24.0 Å². The molecule has 0 spiro atoms. The third-order valence-corrected chi connectivity index (χ3v) is 4.20. The maximum atomic E-state index is 5.38. The first-order chi connectivity index (χ1) is 12.3. The second-order valence-electron chi connectivity index (χ2n) is 6.10. The fourth-order valence-corrected chi connectivity index (χ4v) is 2.80. The van der Waals surface area contributed by atoms with Crippen LogP contribution in [0.1, 0.15) is 18.9 Å². The minimum Gasteiger partial charge on any atom is -0.497 e. The Morgan fingerprint density at radius 1 is 1.27 bits per heavy atom. The van der Waals surface area contributed by atoms with Crippen LogP contribution >= 0.6 is 24.0 Å². The molecule has 0 bridgehead atoms. The molecule has 1 aromatic rings. The minimum atomic E-state index is 0. The lowest BCUT2D eigenvalue weighted by Gasteiger charge is -2.26. The summed E-state index contributed by atoms with van der Waals surface area (Å²) < 4.78 is 10.6. The third-order valence-electron chi connectivity index (χ3n) is 4.20. The van der Waals surface area contributed by atoms with Crippen LogP contribution in [-0.4, -0.2) is 70.5 Å². The lowest BCUT2D eigenvalue weighted by molar-refractivity contribution is 0.0389. The summed E-state index contributed by atoms with van der Waals surface area (Å²) in [5.41, 5.74) is 1.29. The van der Waals surface area contributed by atoms with Gasteiger partial charge in [0, 0.05) is 39.3 Å². The SMILES string of the molecule is CCNC(=NCCCc1cccc(OC)c1)NCCN1CCOCC1.I. The number of morpholine rings is 1. The zero-order valence-electron chi connectivity index (χ0n) is 16.0. The highest BCUT2D eigenvalue weighted by Crippen LogP contribution is 2.13. The van der Waals surface area contributed by atoms with E-state index in [0.717, 1.165) is 77.0 Å². The van der Waals surface area contributed by atoms with Crippen molar-refractivity contribution in [2.45, 2.75) is 19.8 Å². The number of rotatable bonds is 9. The van der Waals surface area contributed by atoms with Gasteiger partial charge in [-0.25, -0.2) is 0 Å². The van der Waals surface area contributed by atoms with E-state index in [2.05, 4.69) is 39.6 Å². The third kappa shape index (κ3) is 9.05. The van der Waals surface area contributed by atoms with Crippen molar-refractivity contribution in [3.8, 4) is 5.75 Å². The molecule has 0 aromatic heterocycles. The van der Waals surface area contributed by atoms with Crippen molar-refractivity contribution in [1.29, 1.82) is 0 Å². The molecule has 148 valence electrons. The number of aliphatic imine (C=N–C) groups is 1. The number of benzene rings is 1. The number of hydrogen-bond acceptors (Lipinski definition) is 4. The number of halogens is 1. The van der Waals surface area contributed by atoms with Crippen LogP contribution in [0, 0.1) is 0 Å². The van der Waals surface area contributed by atoms with Crippen LogP contribution < -0.4 is 15.4 Å². The fourth-order valence-electron chi connectivity index (χ4n) is 2.80. The standard InChI is InChI=1S/C19H32N4O2.HI/c1-3-20-19(22-10-11-23-12-14-25-15-13-23)21-9-5-7-17-6-4-8-18(16-17)24-2;/h4,6,8,16H,3,5,7,9-15H2,1-2H3,(H2,20,21,22);1H. The van der Waals surface area contributed by atoms with Crippen molar-refractivity contribution in [3.05, 3.63) is 29.8 Å². The zero-order valence-corrected chi connectivity index (χ0v) is 18.3. The highest BCUT2D eigenvalue weighted by molar-refractivity contribution is 14.0. The number of nitrogens with zero attached hydrogens (tertiary/aromatic N) is 2. The summed E-state index contributed by atoms with van der Waals surface area (Å²) >= 11 is 0. The van der Waals surface area contributed by atoms with Crippen LogP contribution in [0.25, 0.3) is 0 Å². The van der Waals surface area contributed by atoms with Gasteiger partial charge >= 0.3 is 0 Å². The van der Waals surface area contributed by atoms with Crippen LogP contribution in [0.2, 0.25) is 0 Å². The number of methoxy groups -OCH3 is 1. The van der Waals surface area contributed by atoms with Crippen LogP contribution in [-0.2, 0) is 11.2 Å². The van der Waals surface area contributed by atoms with E-state index >= 15 is 0 Å². The molecule has 1 fully saturated rings. The molecule has 0 saturated carbocycles. The van der Waals surface area contributed by atoms with Crippen molar-refractivity contribution in [1.82, 2.24) is 15.5 Å². The zero-order chi connectivity index (χ0) is 17.7. The quantitative estimate of drug-likeness (QED) is 0.248. The van der Waals surface area contributed by atoms with Gasteiger partial charge in [0.2, 0.25) is 0 Å². The summed E-state index contributed by atoms with van der Waals surface area (Å²) in [6.07, 6.45) is 2.03. The second-order valence-corrected chi connectivity index (χ2v) is 6.10. The van der Waals surface area contributed by atoms with Gasteiger partial charge < -0.3 is 20.1 Å². The van der Waals surface area contributed by atoms with E-state index in [9.17, 15) is 0 Å². The number of aryl methyl sites for hydroxylation is 1. The molecule has 0 unspecified atom stereocenters. The van der Waals surface area contributed by atoms with Gasteiger partial charge in [-0.15, -0.1) is 24.0 Å². The number of ether oxygens (including phenoxy) is 2. The minimum absolute atomic E-state index is 0. The molecule has 6 nitrogen and oxygen atoms in total. The molecule has 1 aromatic carbocycles. The molecule has 1 saturated heterocycles. The number of hydrogen-bond donors (Lipinski definition) is 2. The molecule has 1 aliphatic heterocycles. The average Bonchev–Trinajstić information content (AvgIpc) is 2.66. The Morgan fingerprint density at radius 2 is 2.08 bits per heavy atom. The molecule has 7 heteroatoms. The van der Waals surface area contributed by atoms with Gasteiger partial charge in [-0.1, -0.05) is 12.1 Å². The predicted octanol–water partition coefficient (Wildman–Crippen LogP) is 2.13. The smallest absolute Gasteiger partial charge is 0.191 e. The first kappa shape index (κ1) is 23.0. The monoisotopic (exact) mass is 476 g/mol. The fraction of sp³-hybridized carbons (Fsp3) is 0.632. The highest BCUT2D eigenvalue weighted by Gasteiger charge is 2.09. The van der Waals surface area contributed by atoms with Gasteiger partial charge in [0.15, 0.2) is 5.96 Å². The molecule has 0 radical (unpaired) electrons. The van der Waals surface area contributed by atoms with Gasteiger partial charge in [0.25, 0.3) is 0 Å². The summed E-state index contributed by atoms with van der Waals surface area (Å²) in [4.78, 5) is 7.09. The van der Waals surface area contributed by atoms with Gasteiger partial charge in [-0.3, -0.25) is 9.89 Å². The highest BCUT2D eigenvalue weighted by atomic mass is 127. The van der Waals surface area contributed by atoms with E-state index < -0.39 is 0 Å². The van der Waals surface area contributed by atoms with Crippen molar-refractivity contribution in [2.75, 3.05) is 59.6 Å². The van der Waals surface area contributed by atoms with Gasteiger partial charge in [0.05, 0.1) is 20.3 Å². The lowest BCUT2D eigenvalue weighted by Crippen LogP contribution is -2.44. The molecule has 2 rings (SSSR count). The molecular weight excluding hydrogens is 443 g/mol. The van der Waals surface area contributed by atoms with E-state index in [4.69, 9.17) is 9.47 Å². The van der Waals surface area contributed by atoms with Crippen LogP contribution in [0.5, 0.6) is 5.75 Å².